The molecule has 0 aliphatic rings. The van der Waals surface area contributed by atoms with Crippen molar-refractivity contribution >= 4 is 0 Å². The van der Waals surface area contributed by atoms with Crippen molar-refractivity contribution < 1.29 is 9.84 Å². The summed E-state index contributed by atoms with van der Waals surface area (Å²) in [5, 5.41) is 14.8. The molecule has 0 saturated carbocycles. The lowest BCUT2D eigenvalue weighted by Crippen LogP contribution is -2.33. The average Bonchev–Trinajstić information content (AvgIpc) is 2.99. The van der Waals surface area contributed by atoms with Gasteiger partial charge >= 0.3 is 0 Å². The molecule has 5 heteroatoms. The highest BCUT2D eigenvalue weighted by atomic mass is 16.5. The fraction of sp³-hybridized carbons (Fsp3) is 0.400. The molecule has 1 N–H and O–H groups in total. The summed E-state index contributed by atoms with van der Waals surface area (Å²) in [6, 6.07) is 18.1. The van der Waals surface area contributed by atoms with E-state index < -0.39 is 6.10 Å². The molecule has 5 nitrogen and oxygen atoms in total. The molecule has 3 aromatic rings. The molecule has 0 aliphatic heterocycles. The van der Waals surface area contributed by atoms with E-state index in [9.17, 15) is 5.11 Å². The summed E-state index contributed by atoms with van der Waals surface area (Å²) in [6.45, 7) is 12.5. The molecule has 1 aromatic heterocycles. The van der Waals surface area contributed by atoms with Gasteiger partial charge < -0.3 is 9.84 Å². The number of benzene rings is 2. The van der Waals surface area contributed by atoms with Gasteiger partial charge in [-0.15, -0.1) is 0 Å². The van der Waals surface area contributed by atoms with E-state index >= 15 is 0 Å². The third kappa shape index (κ3) is 5.71. The second kappa shape index (κ2) is 9.92. The monoisotopic (exact) mass is 407 g/mol. The van der Waals surface area contributed by atoms with E-state index in [0.29, 0.717) is 19.0 Å². The number of nitrogens with zero attached hydrogens (tertiary/aromatic N) is 3. The maximum Gasteiger partial charge on any atom is 0.227 e. The van der Waals surface area contributed by atoms with Crippen molar-refractivity contribution in [2.45, 2.75) is 47.3 Å². The van der Waals surface area contributed by atoms with Crippen LogP contribution in [0.2, 0.25) is 0 Å². The zero-order valence-electron chi connectivity index (χ0n) is 18.7. The Hall–Kier alpha value is -2.63. The topological polar surface area (TPSA) is 50.5 Å². The minimum Gasteiger partial charge on any atom is -0.439 e. The van der Waals surface area contributed by atoms with Crippen LogP contribution in [-0.4, -0.2) is 39.0 Å². The summed E-state index contributed by atoms with van der Waals surface area (Å²) in [5.41, 5.74) is 4.12. The highest BCUT2D eigenvalue weighted by molar-refractivity contribution is 5.43. The van der Waals surface area contributed by atoms with Gasteiger partial charge in [-0.1, -0.05) is 49.7 Å². The Morgan fingerprint density at radius 2 is 1.63 bits per heavy atom. The van der Waals surface area contributed by atoms with Gasteiger partial charge in [-0.2, -0.15) is 5.10 Å². The minimum absolute atomic E-state index is 0.394. The predicted octanol–water partition coefficient (Wildman–Crippen LogP) is 5.12. The number of para-hydroxylation sites is 1. The van der Waals surface area contributed by atoms with Gasteiger partial charge in [-0.3, -0.25) is 4.90 Å². The van der Waals surface area contributed by atoms with Crippen molar-refractivity contribution in [3.05, 3.63) is 71.4 Å². The SMILES string of the molecule is Cc1ccc(Oc2c(CN(CC(C)C)C[C@H](C)O)c(C)nn2-c2ccccc2)cc1. The number of rotatable bonds is 9. The van der Waals surface area contributed by atoms with E-state index in [4.69, 9.17) is 9.84 Å². The van der Waals surface area contributed by atoms with Gasteiger partial charge in [0.2, 0.25) is 5.88 Å². The number of hydrogen-bond donors (Lipinski definition) is 1. The van der Waals surface area contributed by atoms with Crippen LogP contribution in [0.5, 0.6) is 11.6 Å². The molecule has 3 rings (SSSR count). The number of aliphatic hydroxyl groups is 1. The molecule has 0 amide bonds. The first kappa shape index (κ1) is 22.1. The van der Waals surface area contributed by atoms with Gasteiger partial charge in [0.25, 0.3) is 0 Å². The van der Waals surface area contributed by atoms with Crippen LogP contribution in [0.15, 0.2) is 54.6 Å². The first-order valence-electron chi connectivity index (χ1n) is 10.6. The molecule has 160 valence electrons. The van der Waals surface area contributed by atoms with Crippen molar-refractivity contribution in [2.75, 3.05) is 13.1 Å². The summed E-state index contributed by atoms with van der Waals surface area (Å²) in [4.78, 5) is 2.27. The van der Waals surface area contributed by atoms with Gasteiger partial charge in [0.1, 0.15) is 5.75 Å². The van der Waals surface area contributed by atoms with Crippen LogP contribution in [0.4, 0.5) is 0 Å². The van der Waals surface area contributed by atoms with Gasteiger partial charge in [-0.25, -0.2) is 4.68 Å². The zero-order chi connectivity index (χ0) is 21.7. The van der Waals surface area contributed by atoms with E-state index in [1.807, 2.05) is 73.1 Å². The molecule has 2 aromatic carbocycles. The third-order valence-electron chi connectivity index (χ3n) is 4.90. The van der Waals surface area contributed by atoms with Gasteiger partial charge in [0, 0.05) is 19.6 Å². The smallest absolute Gasteiger partial charge is 0.227 e. The molecule has 0 radical (unpaired) electrons. The standard InChI is InChI=1S/C25H33N3O2/c1-18(2)15-27(16-20(4)29)17-24-21(5)26-28(22-9-7-6-8-10-22)25(24)30-23-13-11-19(3)12-14-23/h6-14,18,20,29H,15-17H2,1-5H3/t20-/m0/s1. The van der Waals surface area contributed by atoms with Crippen molar-refractivity contribution in [2.24, 2.45) is 5.92 Å². The summed E-state index contributed by atoms with van der Waals surface area (Å²) >= 11 is 0. The summed E-state index contributed by atoms with van der Waals surface area (Å²) in [7, 11) is 0. The van der Waals surface area contributed by atoms with Gasteiger partial charge in [0.05, 0.1) is 23.0 Å². The zero-order valence-corrected chi connectivity index (χ0v) is 18.7. The Bertz CT molecular complexity index is 921. The second-order valence-electron chi connectivity index (χ2n) is 8.47. The Morgan fingerprint density at radius 1 is 0.967 bits per heavy atom. The van der Waals surface area contributed by atoms with E-state index in [1.54, 1.807) is 0 Å². The quantitative estimate of drug-likeness (QED) is 0.535. The molecule has 1 heterocycles. The number of aliphatic hydroxyl groups excluding tert-OH is 1. The van der Waals surface area contributed by atoms with Gasteiger partial charge in [-0.05, 0) is 51.0 Å². The number of aromatic nitrogens is 2. The van der Waals surface area contributed by atoms with Crippen LogP contribution in [0.25, 0.3) is 5.69 Å². The summed E-state index contributed by atoms with van der Waals surface area (Å²) in [5.74, 6) is 2.00. The average molecular weight is 408 g/mol. The number of aryl methyl sites for hydroxylation is 2. The lowest BCUT2D eigenvalue weighted by Gasteiger charge is -2.26. The minimum atomic E-state index is -0.394. The Kier molecular flexibility index (Phi) is 7.29. The fourth-order valence-corrected chi connectivity index (χ4v) is 3.60. The molecule has 0 aliphatic carbocycles. The lowest BCUT2D eigenvalue weighted by molar-refractivity contribution is 0.114. The molecular weight excluding hydrogens is 374 g/mol. The maximum atomic E-state index is 10.0. The van der Waals surface area contributed by atoms with Crippen LogP contribution >= 0.6 is 0 Å². The van der Waals surface area contributed by atoms with Gasteiger partial charge in [0.15, 0.2) is 0 Å². The van der Waals surface area contributed by atoms with E-state index in [-0.39, 0.29) is 0 Å². The van der Waals surface area contributed by atoms with Crippen molar-refractivity contribution in [1.82, 2.24) is 14.7 Å². The molecule has 0 fully saturated rings. The predicted molar refractivity (Wildman–Crippen MR) is 121 cm³/mol. The van der Waals surface area contributed by atoms with E-state index in [1.165, 1.54) is 5.56 Å². The molecule has 0 unspecified atom stereocenters. The first-order valence-corrected chi connectivity index (χ1v) is 10.6. The Balaban J connectivity index is 2.02. The largest absolute Gasteiger partial charge is 0.439 e. The van der Waals surface area contributed by atoms with Crippen LogP contribution in [0.1, 0.15) is 37.6 Å². The highest BCUT2D eigenvalue weighted by Crippen LogP contribution is 2.32. The molecular formula is C25H33N3O2. The summed E-state index contributed by atoms with van der Waals surface area (Å²) in [6.07, 6.45) is -0.394. The maximum absolute atomic E-state index is 10.0. The fourth-order valence-electron chi connectivity index (χ4n) is 3.60. The number of hydrogen-bond acceptors (Lipinski definition) is 4. The molecule has 1 atom stereocenters. The highest BCUT2D eigenvalue weighted by Gasteiger charge is 2.22. The summed E-state index contributed by atoms with van der Waals surface area (Å²) < 4.78 is 8.27. The molecule has 30 heavy (non-hydrogen) atoms. The lowest BCUT2D eigenvalue weighted by atomic mass is 10.1. The normalized spacial score (nSPS) is 12.5. The third-order valence-corrected chi connectivity index (χ3v) is 4.90. The Labute approximate surface area is 179 Å². The second-order valence-corrected chi connectivity index (χ2v) is 8.47. The van der Waals surface area contributed by atoms with Crippen molar-refractivity contribution in [1.29, 1.82) is 0 Å². The van der Waals surface area contributed by atoms with Crippen molar-refractivity contribution in [3.63, 3.8) is 0 Å². The molecule has 0 bridgehead atoms. The van der Waals surface area contributed by atoms with E-state index in [0.717, 1.165) is 35.1 Å². The molecule has 0 spiro atoms. The van der Waals surface area contributed by atoms with E-state index in [2.05, 4.69) is 25.7 Å². The number of ether oxygens (including phenoxy) is 1. The van der Waals surface area contributed by atoms with Crippen LogP contribution in [0.3, 0.4) is 0 Å². The van der Waals surface area contributed by atoms with Crippen LogP contribution in [0, 0.1) is 19.8 Å². The van der Waals surface area contributed by atoms with Crippen LogP contribution < -0.4 is 4.74 Å². The molecule has 0 saturated heterocycles. The first-order chi connectivity index (χ1) is 14.3. The van der Waals surface area contributed by atoms with Crippen LogP contribution in [-0.2, 0) is 6.54 Å². The Morgan fingerprint density at radius 3 is 2.23 bits per heavy atom. The van der Waals surface area contributed by atoms with Crippen molar-refractivity contribution in [3.8, 4) is 17.3 Å².